The van der Waals surface area contributed by atoms with E-state index in [4.69, 9.17) is 4.74 Å². The Kier molecular flexibility index (Phi) is 4.89. The van der Waals surface area contributed by atoms with E-state index in [0.29, 0.717) is 5.75 Å². The molecule has 0 aliphatic heterocycles. The van der Waals surface area contributed by atoms with E-state index < -0.39 is 0 Å². The first-order chi connectivity index (χ1) is 10.0. The predicted octanol–water partition coefficient (Wildman–Crippen LogP) is 4.82. The van der Waals surface area contributed by atoms with Gasteiger partial charge < -0.3 is 9.84 Å². The Labute approximate surface area is 127 Å². The van der Waals surface area contributed by atoms with Crippen LogP contribution in [0.4, 0.5) is 0 Å². The third-order valence-corrected chi connectivity index (χ3v) is 3.90. The highest BCUT2D eigenvalue weighted by atomic mass is 16.5. The normalized spacial score (nSPS) is 12.9. The largest absolute Gasteiger partial charge is 0.508 e. The standard InChI is InChI=1S/C19H24O2/c1-4-18(21-16-11-6-5-7-12-16)19(2,3)14-15-10-8-9-13-17(15)20/h5-13,18,20H,4,14H2,1-3H3. The van der Waals surface area contributed by atoms with Crippen LogP contribution in [-0.4, -0.2) is 11.2 Å². The molecule has 2 aromatic rings. The quantitative estimate of drug-likeness (QED) is 0.824. The first-order valence-electron chi connectivity index (χ1n) is 7.51. The van der Waals surface area contributed by atoms with Crippen molar-refractivity contribution in [3.8, 4) is 11.5 Å². The van der Waals surface area contributed by atoms with Crippen molar-refractivity contribution in [2.75, 3.05) is 0 Å². The molecule has 2 heteroatoms. The van der Waals surface area contributed by atoms with Gasteiger partial charge >= 0.3 is 0 Å². The minimum Gasteiger partial charge on any atom is -0.508 e. The summed E-state index contributed by atoms with van der Waals surface area (Å²) >= 11 is 0. The van der Waals surface area contributed by atoms with Crippen molar-refractivity contribution < 1.29 is 9.84 Å². The van der Waals surface area contributed by atoms with Gasteiger partial charge in [0.2, 0.25) is 0 Å². The zero-order chi connectivity index (χ0) is 15.3. The highest BCUT2D eigenvalue weighted by Gasteiger charge is 2.31. The molecule has 0 bridgehead atoms. The molecule has 2 aromatic carbocycles. The zero-order valence-corrected chi connectivity index (χ0v) is 13.0. The first kappa shape index (κ1) is 15.4. The van der Waals surface area contributed by atoms with E-state index in [0.717, 1.165) is 24.2 Å². The Morgan fingerprint density at radius 1 is 1.00 bits per heavy atom. The molecule has 0 radical (unpaired) electrons. The lowest BCUT2D eigenvalue weighted by atomic mass is 9.79. The summed E-state index contributed by atoms with van der Waals surface area (Å²) in [6.07, 6.45) is 1.81. The fourth-order valence-electron chi connectivity index (χ4n) is 2.72. The van der Waals surface area contributed by atoms with E-state index in [9.17, 15) is 5.11 Å². The molecular formula is C19H24O2. The number of phenols is 1. The van der Waals surface area contributed by atoms with E-state index >= 15 is 0 Å². The molecule has 0 saturated carbocycles. The van der Waals surface area contributed by atoms with Crippen LogP contribution < -0.4 is 4.74 Å². The van der Waals surface area contributed by atoms with Crippen molar-refractivity contribution >= 4 is 0 Å². The first-order valence-corrected chi connectivity index (χ1v) is 7.51. The van der Waals surface area contributed by atoms with Crippen LogP contribution in [0.2, 0.25) is 0 Å². The molecule has 0 spiro atoms. The monoisotopic (exact) mass is 284 g/mol. The van der Waals surface area contributed by atoms with E-state index in [2.05, 4.69) is 20.8 Å². The molecule has 112 valence electrons. The molecule has 0 aromatic heterocycles. The predicted molar refractivity (Wildman–Crippen MR) is 86.7 cm³/mol. The third-order valence-electron chi connectivity index (χ3n) is 3.90. The smallest absolute Gasteiger partial charge is 0.119 e. The van der Waals surface area contributed by atoms with Gasteiger partial charge in [0, 0.05) is 5.41 Å². The molecule has 1 N–H and O–H groups in total. The molecule has 0 heterocycles. The van der Waals surface area contributed by atoms with Crippen molar-refractivity contribution in [2.24, 2.45) is 5.41 Å². The van der Waals surface area contributed by atoms with Crippen LogP contribution in [0.3, 0.4) is 0 Å². The van der Waals surface area contributed by atoms with Gasteiger partial charge in [-0.05, 0) is 36.6 Å². The number of hydrogen-bond acceptors (Lipinski definition) is 2. The number of ether oxygens (including phenoxy) is 1. The van der Waals surface area contributed by atoms with Crippen molar-refractivity contribution in [1.29, 1.82) is 0 Å². The zero-order valence-electron chi connectivity index (χ0n) is 13.0. The number of aromatic hydroxyl groups is 1. The van der Waals surface area contributed by atoms with Crippen molar-refractivity contribution in [3.63, 3.8) is 0 Å². The van der Waals surface area contributed by atoms with Crippen LogP contribution >= 0.6 is 0 Å². The van der Waals surface area contributed by atoms with Gasteiger partial charge in [0.05, 0.1) is 0 Å². The molecule has 2 rings (SSSR count). The summed E-state index contributed by atoms with van der Waals surface area (Å²) < 4.78 is 6.16. The van der Waals surface area contributed by atoms with Gasteiger partial charge in [0.1, 0.15) is 17.6 Å². The summed E-state index contributed by atoms with van der Waals surface area (Å²) in [6.45, 7) is 6.52. The van der Waals surface area contributed by atoms with Crippen molar-refractivity contribution in [2.45, 2.75) is 39.7 Å². The van der Waals surface area contributed by atoms with Crippen LogP contribution in [0.25, 0.3) is 0 Å². The van der Waals surface area contributed by atoms with E-state index in [-0.39, 0.29) is 11.5 Å². The lowest BCUT2D eigenvalue weighted by Crippen LogP contribution is -2.36. The van der Waals surface area contributed by atoms with E-state index in [1.807, 2.05) is 48.5 Å². The van der Waals surface area contributed by atoms with Gasteiger partial charge in [-0.1, -0.05) is 57.2 Å². The summed E-state index contributed by atoms with van der Waals surface area (Å²) in [5.41, 5.74) is 0.904. The van der Waals surface area contributed by atoms with Crippen molar-refractivity contribution in [3.05, 3.63) is 60.2 Å². The highest BCUT2D eigenvalue weighted by molar-refractivity contribution is 5.32. The maximum absolute atomic E-state index is 9.98. The second kappa shape index (κ2) is 6.66. The van der Waals surface area contributed by atoms with Crippen LogP contribution in [0.1, 0.15) is 32.8 Å². The molecule has 1 atom stereocenters. The minimum atomic E-state index is -0.0660. The van der Waals surface area contributed by atoms with Crippen LogP contribution in [-0.2, 0) is 6.42 Å². The molecule has 0 aliphatic rings. The van der Waals surface area contributed by atoms with Crippen molar-refractivity contribution in [1.82, 2.24) is 0 Å². The number of phenolic OH excluding ortho intramolecular Hbond substituents is 1. The summed E-state index contributed by atoms with van der Waals surface area (Å²) in [6, 6.07) is 17.5. The van der Waals surface area contributed by atoms with E-state index in [1.54, 1.807) is 6.07 Å². The topological polar surface area (TPSA) is 29.5 Å². The Morgan fingerprint density at radius 2 is 1.62 bits per heavy atom. The fourth-order valence-corrected chi connectivity index (χ4v) is 2.72. The molecule has 0 fully saturated rings. The second-order valence-corrected chi connectivity index (χ2v) is 6.12. The summed E-state index contributed by atoms with van der Waals surface area (Å²) in [5.74, 6) is 1.26. The number of para-hydroxylation sites is 2. The van der Waals surface area contributed by atoms with Crippen LogP contribution in [0.5, 0.6) is 11.5 Å². The molecule has 2 nitrogen and oxygen atoms in total. The maximum Gasteiger partial charge on any atom is 0.119 e. The third kappa shape index (κ3) is 4.01. The lowest BCUT2D eigenvalue weighted by Gasteiger charge is -2.34. The van der Waals surface area contributed by atoms with E-state index in [1.165, 1.54) is 0 Å². The van der Waals surface area contributed by atoms with Gasteiger partial charge in [-0.3, -0.25) is 0 Å². The highest BCUT2D eigenvalue weighted by Crippen LogP contribution is 2.33. The SMILES string of the molecule is CCC(Oc1ccccc1)C(C)(C)Cc1ccccc1O. The number of rotatable bonds is 6. The second-order valence-electron chi connectivity index (χ2n) is 6.12. The van der Waals surface area contributed by atoms with Gasteiger partial charge in [0.15, 0.2) is 0 Å². The minimum absolute atomic E-state index is 0.0660. The Balaban J connectivity index is 2.14. The van der Waals surface area contributed by atoms with Gasteiger partial charge in [-0.15, -0.1) is 0 Å². The summed E-state index contributed by atoms with van der Waals surface area (Å²) in [7, 11) is 0. The maximum atomic E-state index is 9.98. The fraction of sp³-hybridized carbons (Fsp3) is 0.368. The average molecular weight is 284 g/mol. The molecule has 0 saturated heterocycles. The summed E-state index contributed by atoms with van der Waals surface area (Å²) in [5, 5.41) is 9.98. The molecular weight excluding hydrogens is 260 g/mol. The Bertz CT molecular complexity index is 561. The van der Waals surface area contributed by atoms with Gasteiger partial charge in [-0.2, -0.15) is 0 Å². The van der Waals surface area contributed by atoms with Crippen LogP contribution in [0, 0.1) is 5.41 Å². The Hall–Kier alpha value is -1.96. The number of benzene rings is 2. The Morgan fingerprint density at radius 3 is 2.24 bits per heavy atom. The molecule has 21 heavy (non-hydrogen) atoms. The number of hydrogen-bond donors (Lipinski definition) is 1. The summed E-state index contributed by atoms with van der Waals surface area (Å²) in [4.78, 5) is 0. The molecule has 0 amide bonds. The molecule has 0 aliphatic carbocycles. The average Bonchev–Trinajstić information content (AvgIpc) is 2.48. The lowest BCUT2D eigenvalue weighted by molar-refractivity contribution is 0.0694. The van der Waals surface area contributed by atoms with Crippen LogP contribution in [0.15, 0.2) is 54.6 Å². The van der Waals surface area contributed by atoms with Gasteiger partial charge in [-0.25, -0.2) is 0 Å². The van der Waals surface area contributed by atoms with Gasteiger partial charge in [0.25, 0.3) is 0 Å². The molecule has 1 unspecified atom stereocenters.